The second-order valence-electron chi connectivity index (χ2n) is 12.3. The van der Waals surface area contributed by atoms with E-state index in [0.29, 0.717) is 12.8 Å². The van der Waals surface area contributed by atoms with Crippen LogP contribution in [-0.4, -0.2) is 18.2 Å². The van der Waals surface area contributed by atoms with E-state index in [1.54, 1.807) is 0 Å². The number of hydrogen-bond donors (Lipinski definition) is 1. The lowest BCUT2D eigenvalue weighted by molar-refractivity contribution is 0.442. The van der Waals surface area contributed by atoms with E-state index in [4.69, 9.17) is 0 Å². The number of unbranched alkanes of at least 4 members (excludes halogenated alkanes) is 27. The van der Waals surface area contributed by atoms with Crippen molar-refractivity contribution < 1.29 is 13.0 Å². The summed E-state index contributed by atoms with van der Waals surface area (Å²) < 4.78 is 33.1. The molecule has 1 N–H and O–H groups in total. The zero-order chi connectivity index (χ0) is 28.0. The van der Waals surface area contributed by atoms with Crippen molar-refractivity contribution in [2.45, 2.75) is 218 Å². The minimum atomic E-state index is -3.90. The fourth-order valence-electron chi connectivity index (χ4n) is 5.75. The molecule has 0 saturated heterocycles. The molecule has 0 aliphatic heterocycles. The molecule has 230 valence electrons. The molecule has 0 aromatic carbocycles. The van der Waals surface area contributed by atoms with Crippen molar-refractivity contribution in [3.05, 3.63) is 0 Å². The highest BCUT2D eigenvalue weighted by molar-refractivity contribution is 7.86. The average Bonchev–Trinajstić information content (AvgIpc) is 2.89. The van der Waals surface area contributed by atoms with Crippen molar-refractivity contribution in [2.24, 2.45) is 0 Å². The molecule has 1 unspecified atom stereocenters. The largest absolute Gasteiger partial charge is 0.285 e. The maximum absolute atomic E-state index is 11.8. The molecule has 0 aromatic heterocycles. The molecular weight excluding hydrogens is 488 g/mol. The Morgan fingerprint density at radius 2 is 0.553 bits per heavy atom. The Morgan fingerprint density at radius 3 is 0.737 bits per heavy atom. The van der Waals surface area contributed by atoms with Gasteiger partial charge in [-0.3, -0.25) is 4.55 Å². The molecule has 0 aliphatic rings. The predicted octanol–water partition coefficient (Wildman–Crippen LogP) is 12.4. The van der Waals surface area contributed by atoms with Gasteiger partial charge in [0, 0.05) is 0 Å². The normalized spacial score (nSPS) is 12.8. The van der Waals surface area contributed by atoms with E-state index < -0.39 is 15.4 Å². The first-order valence-electron chi connectivity index (χ1n) is 17.5. The lowest BCUT2D eigenvalue weighted by atomic mass is 10.0. The molecule has 1 atom stereocenters. The Bertz CT molecular complexity index is 546. The van der Waals surface area contributed by atoms with Gasteiger partial charge < -0.3 is 0 Å². The zero-order valence-electron chi connectivity index (χ0n) is 26.2. The Kier molecular flexibility index (Phi) is 29.8. The quantitative estimate of drug-likeness (QED) is 0.0659. The predicted molar refractivity (Wildman–Crippen MR) is 170 cm³/mol. The van der Waals surface area contributed by atoms with Crippen LogP contribution in [0, 0.1) is 0 Å². The molecule has 0 rings (SSSR count). The van der Waals surface area contributed by atoms with Crippen molar-refractivity contribution in [1.29, 1.82) is 0 Å². The molecule has 4 heteroatoms. The first-order valence-corrected chi connectivity index (χ1v) is 19.0. The summed E-state index contributed by atoms with van der Waals surface area (Å²) in [6, 6.07) is 0. The second kappa shape index (κ2) is 29.9. The van der Waals surface area contributed by atoms with Gasteiger partial charge in [0.1, 0.15) is 0 Å². The van der Waals surface area contributed by atoms with Gasteiger partial charge in [-0.2, -0.15) is 8.42 Å². The van der Waals surface area contributed by atoms with E-state index in [-0.39, 0.29) is 0 Å². The lowest BCUT2D eigenvalue weighted by Crippen LogP contribution is -2.20. The van der Waals surface area contributed by atoms with Crippen LogP contribution in [0.2, 0.25) is 0 Å². The van der Waals surface area contributed by atoms with Gasteiger partial charge in [-0.1, -0.05) is 200 Å². The van der Waals surface area contributed by atoms with Gasteiger partial charge in [0.2, 0.25) is 0 Å². The highest BCUT2D eigenvalue weighted by Crippen LogP contribution is 2.20. The molecule has 0 aromatic rings. The fraction of sp³-hybridized carbons (Fsp3) is 1.00. The summed E-state index contributed by atoms with van der Waals surface area (Å²) in [6.45, 7) is 4.52. The number of hydrogen-bond acceptors (Lipinski definition) is 2. The molecule has 0 heterocycles. The van der Waals surface area contributed by atoms with Crippen LogP contribution in [0.4, 0.5) is 0 Å². The third-order valence-corrected chi connectivity index (χ3v) is 9.74. The van der Waals surface area contributed by atoms with Gasteiger partial charge in [0.25, 0.3) is 10.1 Å². The first-order chi connectivity index (χ1) is 18.5. The second-order valence-corrected chi connectivity index (χ2v) is 14.0. The third kappa shape index (κ3) is 28.9. The molecule has 3 nitrogen and oxygen atoms in total. The highest BCUT2D eigenvalue weighted by Gasteiger charge is 2.21. The maximum Gasteiger partial charge on any atom is 0.267 e. The molecule has 0 saturated carbocycles. The van der Waals surface area contributed by atoms with Crippen LogP contribution in [0.5, 0.6) is 0 Å². The smallest absolute Gasteiger partial charge is 0.267 e. The Hall–Kier alpha value is -0.0900. The molecule has 38 heavy (non-hydrogen) atoms. The van der Waals surface area contributed by atoms with Gasteiger partial charge in [0.05, 0.1) is 5.25 Å². The first kappa shape index (κ1) is 37.9. The maximum atomic E-state index is 11.8. The highest BCUT2D eigenvalue weighted by atomic mass is 32.2. The minimum Gasteiger partial charge on any atom is -0.285 e. The van der Waals surface area contributed by atoms with Crippen molar-refractivity contribution in [1.82, 2.24) is 0 Å². The van der Waals surface area contributed by atoms with Crippen molar-refractivity contribution in [3.63, 3.8) is 0 Å². The van der Waals surface area contributed by atoms with Crippen LogP contribution >= 0.6 is 0 Å². The van der Waals surface area contributed by atoms with Gasteiger partial charge in [0.15, 0.2) is 0 Å². The Balaban J connectivity index is 3.42. The minimum absolute atomic E-state index is 0.539. The summed E-state index contributed by atoms with van der Waals surface area (Å²) in [5.74, 6) is 0. The Morgan fingerprint density at radius 1 is 0.368 bits per heavy atom. The van der Waals surface area contributed by atoms with Crippen LogP contribution in [0.1, 0.15) is 213 Å². The summed E-state index contributed by atoms with van der Waals surface area (Å²) in [5, 5.41) is -0.539. The molecule has 0 bridgehead atoms. The number of rotatable bonds is 32. The van der Waals surface area contributed by atoms with E-state index in [2.05, 4.69) is 13.8 Å². The topological polar surface area (TPSA) is 54.4 Å². The van der Waals surface area contributed by atoms with Gasteiger partial charge in [-0.05, 0) is 12.8 Å². The Labute approximate surface area is 240 Å². The van der Waals surface area contributed by atoms with Gasteiger partial charge >= 0.3 is 0 Å². The van der Waals surface area contributed by atoms with E-state index in [0.717, 1.165) is 25.7 Å². The van der Waals surface area contributed by atoms with Gasteiger partial charge in [-0.15, -0.1) is 0 Å². The third-order valence-electron chi connectivity index (χ3n) is 8.43. The van der Waals surface area contributed by atoms with Crippen LogP contribution < -0.4 is 0 Å². The summed E-state index contributed by atoms with van der Waals surface area (Å²) in [7, 11) is -3.90. The van der Waals surface area contributed by atoms with Crippen LogP contribution in [0.3, 0.4) is 0 Å². The molecule has 0 aliphatic carbocycles. The van der Waals surface area contributed by atoms with E-state index in [1.807, 2.05) is 0 Å². The molecule has 0 spiro atoms. The molecule has 0 radical (unpaired) electrons. The SMILES string of the molecule is CCCCCCCCCCCCCCCCCCCCCCCC(CCCCCCCCCC)S(=O)(=O)O. The van der Waals surface area contributed by atoms with Crippen molar-refractivity contribution >= 4 is 10.1 Å². The van der Waals surface area contributed by atoms with Crippen LogP contribution in [0.25, 0.3) is 0 Å². The van der Waals surface area contributed by atoms with Crippen molar-refractivity contribution in [2.75, 3.05) is 0 Å². The van der Waals surface area contributed by atoms with Crippen LogP contribution in [-0.2, 0) is 10.1 Å². The van der Waals surface area contributed by atoms with Gasteiger partial charge in [-0.25, -0.2) is 0 Å². The summed E-state index contributed by atoms with van der Waals surface area (Å²) >= 11 is 0. The average molecular weight is 559 g/mol. The standard InChI is InChI=1S/C34H70O3S/c1-3-5-7-9-11-13-14-15-16-17-18-19-20-21-22-23-24-25-27-29-31-33-34(38(35,36)37)32-30-28-26-12-10-8-6-4-2/h34H,3-33H2,1-2H3,(H,35,36,37). The zero-order valence-corrected chi connectivity index (χ0v) is 27.0. The fourth-order valence-corrected chi connectivity index (χ4v) is 6.68. The van der Waals surface area contributed by atoms with E-state index >= 15 is 0 Å². The molecule has 0 fully saturated rings. The monoisotopic (exact) mass is 559 g/mol. The lowest BCUT2D eigenvalue weighted by Gasteiger charge is -2.13. The van der Waals surface area contributed by atoms with E-state index in [1.165, 1.54) is 161 Å². The summed E-state index contributed by atoms with van der Waals surface area (Å²) in [5.41, 5.74) is 0. The van der Waals surface area contributed by atoms with Crippen LogP contribution in [0.15, 0.2) is 0 Å². The van der Waals surface area contributed by atoms with Crippen molar-refractivity contribution in [3.8, 4) is 0 Å². The summed E-state index contributed by atoms with van der Waals surface area (Å²) in [6.07, 6.45) is 39.5. The summed E-state index contributed by atoms with van der Waals surface area (Å²) in [4.78, 5) is 0. The molecule has 0 amide bonds. The molecular formula is C34H70O3S. The van der Waals surface area contributed by atoms with E-state index in [9.17, 15) is 13.0 Å².